The molecule has 14 heavy (non-hydrogen) atoms. The highest BCUT2D eigenvalue weighted by atomic mass is 16.3. The Labute approximate surface area is 84.9 Å². The summed E-state index contributed by atoms with van der Waals surface area (Å²) in [6, 6.07) is 1.96. The Morgan fingerprint density at radius 3 is 2.79 bits per heavy atom. The van der Waals surface area contributed by atoms with Gasteiger partial charge in [0.15, 0.2) is 0 Å². The molecule has 1 unspecified atom stereocenters. The molecule has 1 aromatic rings. The molecule has 0 fully saturated rings. The Hall–Kier alpha value is -0.870. The van der Waals surface area contributed by atoms with Crippen LogP contribution in [-0.2, 0) is 6.54 Å². The summed E-state index contributed by atoms with van der Waals surface area (Å²) >= 11 is 0. The summed E-state index contributed by atoms with van der Waals surface area (Å²) in [5, 5.41) is 16.8. The molecule has 0 saturated heterocycles. The second-order valence-electron chi connectivity index (χ2n) is 3.90. The molecule has 80 valence electrons. The molecule has 1 heterocycles. The van der Waals surface area contributed by atoms with Crippen LogP contribution in [0, 0.1) is 6.92 Å². The fraction of sp³-hybridized carbons (Fsp3) is 0.700. The monoisotopic (exact) mass is 197 g/mol. The average Bonchev–Trinajstić information content (AvgIpc) is 2.51. The van der Waals surface area contributed by atoms with Crippen molar-refractivity contribution in [2.75, 3.05) is 13.2 Å². The van der Waals surface area contributed by atoms with Crippen LogP contribution in [0.4, 0.5) is 0 Å². The summed E-state index contributed by atoms with van der Waals surface area (Å²) in [7, 11) is 0. The second kappa shape index (κ2) is 4.57. The summed E-state index contributed by atoms with van der Waals surface area (Å²) in [6.45, 7) is 7.62. The molecular weight excluding hydrogens is 178 g/mol. The maximum Gasteiger partial charge on any atom is 0.0628 e. The summed E-state index contributed by atoms with van der Waals surface area (Å²) < 4.78 is 1.86. The van der Waals surface area contributed by atoms with Gasteiger partial charge in [-0.2, -0.15) is 5.10 Å². The van der Waals surface area contributed by atoms with Crippen molar-refractivity contribution in [2.45, 2.75) is 32.9 Å². The average molecular weight is 197 g/mol. The van der Waals surface area contributed by atoms with Crippen LogP contribution in [0.3, 0.4) is 0 Å². The lowest BCUT2D eigenvalue weighted by Gasteiger charge is -2.28. The van der Waals surface area contributed by atoms with Crippen LogP contribution < -0.4 is 5.32 Å². The molecule has 4 heteroatoms. The van der Waals surface area contributed by atoms with Gasteiger partial charge >= 0.3 is 0 Å². The first kappa shape index (κ1) is 11.2. The number of nitrogens with one attached hydrogen (secondary N) is 1. The van der Waals surface area contributed by atoms with Crippen LogP contribution in [0.25, 0.3) is 0 Å². The first-order chi connectivity index (χ1) is 6.59. The van der Waals surface area contributed by atoms with Crippen molar-refractivity contribution in [1.82, 2.24) is 15.1 Å². The van der Waals surface area contributed by atoms with Crippen molar-refractivity contribution in [3.8, 4) is 0 Å². The number of aromatic nitrogens is 2. The maximum absolute atomic E-state index is 9.28. The van der Waals surface area contributed by atoms with Gasteiger partial charge < -0.3 is 10.4 Å². The molecule has 1 rings (SSSR count). The van der Waals surface area contributed by atoms with Gasteiger partial charge in [-0.1, -0.05) is 6.92 Å². The zero-order valence-corrected chi connectivity index (χ0v) is 9.12. The molecule has 0 spiro atoms. The molecule has 1 atom stereocenters. The normalized spacial score (nSPS) is 15.4. The molecule has 0 aromatic carbocycles. The Bertz CT molecular complexity index is 285. The number of hydrogen-bond acceptors (Lipinski definition) is 3. The molecule has 0 amide bonds. The topological polar surface area (TPSA) is 50.1 Å². The van der Waals surface area contributed by atoms with E-state index in [1.807, 2.05) is 37.7 Å². The van der Waals surface area contributed by atoms with Crippen LogP contribution >= 0.6 is 0 Å². The summed E-state index contributed by atoms with van der Waals surface area (Å²) in [6.07, 6.45) is 1.93. The third-order valence-corrected chi connectivity index (χ3v) is 2.24. The highest BCUT2D eigenvalue weighted by Gasteiger charge is 2.22. The summed E-state index contributed by atoms with van der Waals surface area (Å²) in [4.78, 5) is 0. The van der Waals surface area contributed by atoms with Crippen LogP contribution in [-0.4, -0.2) is 33.6 Å². The van der Waals surface area contributed by atoms with Gasteiger partial charge in [0.2, 0.25) is 0 Å². The molecular formula is C10H19N3O. The number of aliphatic hydroxyl groups is 1. The molecule has 0 bridgehead atoms. The van der Waals surface area contributed by atoms with Crippen LogP contribution in [0.15, 0.2) is 12.3 Å². The fourth-order valence-corrected chi connectivity index (χ4v) is 1.50. The number of hydrogen-bond donors (Lipinski definition) is 2. The van der Waals surface area contributed by atoms with E-state index < -0.39 is 0 Å². The van der Waals surface area contributed by atoms with E-state index in [4.69, 9.17) is 0 Å². The molecule has 0 radical (unpaired) electrons. The number of aliphatic hydroxyl groups excluding tert-OH is 1. The first-order valence-electron chi connectivity index (χ1n) is 4.95. The van der Waals surface area contributed by atoms with E-state index >= 15 is 0 Å². The molecule has 0 aliphatic rings. The highest BCUT2D eigenvalue weighted by molar-refractivity contribution is 4.96. The van der Waals surface area contributed by atoms with E-state index in [-0.39, 0.29) is 12.1 Å². The van der Waals surface area contributed by atoms with Gasteiger partial charge in [-0.25, -0.2) is 0 Å². The number of aryl methyl sites for hydroxylation is 1. The second-order valence-corrected chi connectivity index (χ2v) is 3.90. The standard InChI is InChI=1S/C10H19N3O/c1-4-11-10(3,8-14)7-13-6-5-9(2)12-13/h5-6,11,14H,4,7-8H2,1-3H3. The van der Waals surface area contributed by atoms with Gasteiger partial charge in [-0.15, -0.1) is 0 Å². The van der Waals surface area contributed by atoms with E-state index in [9.17, 15) is 5.11 Å². The van der Waals surface area contributed by atoms with Crippen molar-refractivity contribution < 1.29 is 5.11 Å². The maximum atomic E-state index is 9.28. The minimum atomic E-state index is -0.285. The SMILES string of the molecule is CCNC(C)(CO)Cn1ccc(C)n1. The number of nitrogens with zero attached hydrogens (tertiary/aromatic N) is 2. The zero-order valence-electron chi connectivity index (χ0n) is 9.12. The van der Waals surface area contributed by atoms with Gasteiger partial charge in [0.05, 0.1) is 24.4 Å². The predicted molar refractivity (Wildman–Crippen MR) is 56.1 cm³/mol. The first-order valence-corrected chi connectivity index (χ1v) is 4.95. The Morgan fingerprint density at radius 2 is 2.36 bits per heavy atom. The van der Waals surface area contributed by atoms with Gasteiger partial charge in [0, 0.05) is 6.20 Å². The molecule has 2 N–H and O–H groups in total. The van der Waals surface area contributed by atoms with E-state index in [1.165, 1.54) is 0 Å². The van der Waals surface area contributed by atoms with Crippen LogP contribution in [0.5, 0.6) is 0 Å². The minimum Gasteiger partial charge on any atom is -0.394 e. The van der Waals surface area contributed by atoms with Gasteiger partial charge in [0.25, 0.3) is 0 Å². The van der Waals surface area contributed by atoms with Crippen LogP contribution in [0.1, 0.15) is 19.5 Å². The van der Waals surface area contributed by atoms with Crippen molar-refractivity contribution in [3.05, 3.63) is 18.0 Å². The Kier molecular flexibility index (Phi) is 3.66. The third kappa shape index (κ3) is 2.82. The molecule has 1 aromatic heterocycles. The summed E-state index contributed by atoms with van der Waals surface area (Å²) in [5.74, 6) is 0. The van der Waals surface area contributed by atoms with Gasteiger partial charge in [-0.05, 0) is 26.5 Å². The lowest BCUT2D eigenvalue weighted by molar-refractivity contribution is 0.155. The molecule has 4 nitrogen and oxygen atoms in total. The predicted octanol–water partition coefficient (Wildman–Crippen LogP) is 0.552. The van der Waals surface area contributed by atoms with Gasteiger partial charge in [0.1, 0.15) is 0 Å². The lowest BCUT2D eigenvalue weighted by atomic mass is 10.0. The number of rotatable bonds is 5. The van der Waals surface area contributed by atoms with E-state index in [0.717, 1.165) is 12.2 Å². The van der Waals surface area contributed by atoms with Crippen molar-refractivity contribution >= 4 is 0 Å². The van der Waals surface area contributed by atoms with Crippen molar-refractivity contribution in [3.63, 3.8) is 0 Å². The quantitative estimate of drug-likeness (QED) is 0.725. The minimum absolute atomic E-state index is 0.111. The third-order valence-electron chi connectivity index (χ3n) is 2.24. The Morgan fingerprint density at radius 1 is 1.64 bits per heavy atom. The fourth-order valence-electron chi connectivity index (χ4n) is 1.50. The van der Waals surface area contributed by atoms with Crippen LogP contribution in [0.2, 0.25) is 0 Å². The van der Waals surface area contributed by atoms with Gasteiger partial charge in [-0.3, -0.25) is 4.68 Å². The van der Waals surface area contributed by atoms with E-state index in [0.29, 0.717) is 6.54 Å². The van der Waals surface area contributed by atoms with Crippen molar-refractivity contribution in [1.29, 1.82) is 0 Å². The molecule has 0 aliphatic carbocycles. The smallest absolute Gasteiger partial charge is 0.0628 e. The van der Waals surface area contributed by atoms with Crippen molar-refractivity contribution in [2.24, 2.45) is 0 Å². The van der Waals surface area contributed by atoms with E-state index in [2.05, 4.69) is 10.4 Å². The lowest BCUT2D eigenvalue weighted by Crippen LogP contribution is -2.49. The zero-order chi connectivity index (χ0) is 10.6. The Balaban J connectivity index is 2.64. The molecule has 0 saturated carbocycles. The van der Waals surface area contributed by atoms with E-state index in [1.54, 1.807) is 0 Å². The highest BCUT2D eigenvalue weighted by Crippen LogP contribution is 2.06. The summed E-state index contributed by atoms with van der Waals surface area (Å²) in [5.41, 5.74) is 0.717. The molecule has 0 aliphatic heterocycles. The number of likely N-dealkylation sites (N-methyl/N-ethyl adjacent to an activating group) is 1. The largest absolute Gasteiger partial charge is 0.394 e.